The van der Waals surface area contributed by atoms with E-state index in [4.69, 9.17) is 5.73 Å². The third-order valence-corrected chi connectivity index (χ3v) is 6.98. The SMILES string of the molecule is CC(=O)Nc1ccc(-c2cccc(C(Cc3ccccc3)NC(=O)C3CCC(CN)CC3)c2)cc1. The molecule has 4 N–H and O–H groups in total. The zero-order valence-corrected chi connectivity index (χ0v) is 20.4. The first-order valence-corrected chi connectivity index (χ1v) is 12.5. The van der Waals surface area contributed by atoms with Crippen LogP contribution in [0.15, 0.2) is 78.9 Å². The van der Waals surface area contributed by atoms with E-state index in [0.29, 0.717) is 12.5 Å². The molecule has 182 valence electrons. The van der Waals surface area contributed by atoms with Crippen LogP contribution in [-0.4, -0.2) is 18.4 Å². The second-order valence-corrected chi connectivity index (χ2v) is 9.59. The van der Waals surface area contributed by atoms with Crippen molar-refractivity contribution in [3.05, 3.63) is 90.0 Å². The zero-order valence-electron chi connectivity index (χ0n) is 20.4. The molecule has 0 spiro atoms. The van der Waals surface area contributed by atoms with Gasteiger partial charge in [-0.05, 0) is 85.0 Å². The van der Waals surface area contributed by atoms with Crippen LogP contribution in [0.1, 0.15) is 49.8 Å². The number of anilines is 1. The average molecular weight is 470 g/mol. The molecule has 0 radical (unpaired) electrons. The maximum atomic E-state index is 13.3. The van der Waals surface area contributed by atoms with E-state index in [0.717, 1.165) is 54.5 Å². The summed E-state index contributed by atoms with van der Waals surface area (Å²) in [5, 5.41) is 6.18. The maximum absolute atomic E-state index is 13.3. The Hall–Kier alpha value is -3.44. The Morgan fingerprint density at radius 1 is 0.886 bits per heavy atom. The van der Waals surface area contributed by atoms with Gasteiger partial charge in [-0.2, -0.15) is 0 Å². The molecular weight excluding hydrogens is 434 g/mol. The van der Waals surface area contributed by atoms with E-state index in [1.807, 2.05) is 48.5 Å². The normalized spacial score (nSPS) is 18.5. The maximum Gasteiger partial charge on any atom is 0.223 e. The molecule has 0 saturated heterocycles. The summed E-state index contributed by atoms with van der Waals surface area (Å²) >= 11 is 0. The van der Waals surface area contributed by atoms with Gasteiger partial charge in [0, 0.05) is 18.5 Å². The fourth-order valence-electron chi connectivity index (χ4n) is 4.94. The van der Waals surface area contributed by atoms with Crippen molar-refractivity contribution in [2.75, 3.05) is 11.9 Å². The first-order valence-electron chi connectivity index (χ1n) is 12.5. The van der Waals surface area contributed by atoms with Gasteiger partial charge in [0.2, 0.25) is 11.8 Å². The van der Waals surface area contributed by atoms with Crippen LogP contribution >= 0.6 is 0 Å². The first kappa shape index (κ1) is 24.7. The molecule has 3 aromatic rings. The smallest absolute Gasteiger partial charge is 0.223 e. The quantitative estimate of drug-likeness (QED) is 0.409. The Labute approximate surface area is 208 Å². The van der Waals surface area contributed by atoms with Crippen LogP contribution < -0.4 is 16.4 Å². The van der Waals surface area contributed by atoms with Gasteiger partial charge < -0.3 is 16.4 Å². The average Bonchev–Trinajstić information content (AvgIpc) is 2.89. The largest absolute Gasteiger partial charge is 0.349 e. The van der Waals surface area contributed by atoms with Crippen molar-refractivity contribution in [1.29, 1.82) is 0 Å². The molecule has 2 amide bonds. The summed E-state index contributed by atoms with van der Waals surface area (Å²) in [5.41, 5.74) is 11.0. The van der Waals surface area contributed by atoms with Crippen LogP contribution in [0.2, 0.25) is 0 Å². The van der Waals surface area contributed by atoms with E-state index in [-0.39, 0.29) is 23.8 Å². The summed E-state index contributed by atoms with van der Waals surface area (Å²) in [6, 6.07) is 26.4. The molecule has 5 heteroatoms. The molecule has 0 heterocycles. The highest BCUT2D eigenvalue weighted by Crippen LogP contribution is 2.30. The van der Waals surface area contributed by atoms with Gasteiger partial charge in [0.25, 0.3) is 0 Å². The number of benzene rings is 3. The number of amides is 2. The molecule has 5 nitrogen and oxygen atoms in total. The third kappa shape index (κ3) is 6.80. The predicted molar refractivity (Wildman–Crippen MR) is 142 cm³/mol. The molecule has 0 aromatic heterocycles. The van der Waals surface area contributed by atoms with Gasteiger partial charge in [0.1, 0.15) is 0 Å². The zero-order chi connectivity index (χ0) is 24.6. The van der Waals surface area contributed by atoms with Gasteiger partial charge >= 0.3 is 0 Å². The van der Waals surface area contributed by atoms with Crippen molar-refractivity contribution in [3.8, 4) is 11.1 Å². The monoisotopic (exact) mass is 469 g/mol. The Morgan fingerprint density at radius 2 is 1.60 bits per heavy atom. The Balaban J connectivity index is 1.55. The molecule has 3 aromatic carbocycles. The molecular formula is C30H35N3O2. The highest BCUT2D eigenvalue weighted by Gasteiger charge is 2.27. The summed E-state index contributed by atoms with van der Waals surface area (Å²) in [5.74, 6) is 0.663. The molecule has 1 aliphatic rings. The predicted octanol–water partition coefficient (Wildman–Crippen LogP) is 5.48. The van der Waals surface area contributed by atoms with Crippen molar-refractivity contribution in [2.24, 2.45) is 17.6 Å². The van der Waals surface area contributed by atoms with Gasteiger partial charge in [-0.1, -0.05) is 60.7 Å². The topological polar surface area (TPSA) is 84.2 Å². The first-order chi connectivity index (χ1) is 17.0. The molecule has 1 aliphatic carbocycles. The lowest BCUT2D eigenvalue weighted by Gasteiger charge is -2.29. The molecule has 35 heavy (non-hydrogen) atoms. The summed E-state index contributed by atoms with van der Waals surface area (Å²) in [6.07, 6.45) is 4.61. The molecule has 1 atom stereocenters. The second kappa shape index (κ2) is 11.8. The summed E-state index contributed by atoms with van der Waals surface area (Å²) < 4.78 is 0. The van der Waals surface area contributed by atoms with Crippen LogP contribution in [0.5, 0.6) is 0 Å². The molecule has 1 unspecified atom stereocenters. The van der Waals surface area contributed by atoms with Gasteiger partial charge in [-0.3, -0.25) is 9.59 Å². The highest BCUT2D eigenvalue weighted by atomic mass is 16.2. The third-order valence-electron chi connectivity index (χ3n) is 6.98. The Bertz CT molecular complexity index is 1120. The van der Waals surface area contributed by atoms with Crippen LogP contribution in [0, 0.1) is 11.8 Å². The van der Waals surface area contributed by atoms with E-state index >= 15 is 0 Å². The lowest BCUT2D eigenvalue weighted by molar-refractivity contribution is -0.127. The molecule has 0 aliphatic heterocycles. The van der Waals surface area contributed by atoms with Crippen LogP contribution in [0.25, 0.3) is 11.1 Å². The summed E-state index contributed by atoms with van der Waals surface area (Å²) in [4.78, 5) is 24.6. The number of carbonyl (C=O) groups is 2. The van der Waals surface area contributed by atoms with E-state index in [1.54, 1.807) is 0 Å². The molecule has 4 rings (SSSR count). The Kier molecular flexibility index (Phi) is 8.32. The van der Waals surface area contributed by atoms with Gasteiger partial charge in [-0.15, -0.1) is 0 Å². The van der Waals surface area contributed by atoms with E-state index in [2.05, 4.69) is 41.0 Å². The van der Waals surface area contributed by atoms with E-state index < -0.39 is 0 Å². The lowest BCUT2D eigenvalue weighted by Crippen LogP contribution is -2.37. The minimum atomic E-state index is -0.115. The standard InChI is InChI=1S/C30H35N3O2/c1-21(34)32-28-16-14-24(15-17-28)26-8-5-9-27(19-26)29(18-22-6-3-2-4-7-22)33-30(35)25-12-10-23(20-31)11-13-25/h2-9,14-17,19,23,25,29H,10-13,18,20,31H2,1H3,(H,32,34)(H,33,35). The molecule has 1 fully saturated rings. The minimum absolute atomic E-state index is 0.0561. The summed E-state index contributed by atoms with van der Waals surface area (Å²) in [6.45, 7) is 2.21. The van der Waals surface area contributed by atoms with Gasteiger partial charge in [0.15, 0.2) is 0 Å². The Morgan fingerprint density at radius 3 is 2.26 bits per heavy atom. The number of nitrogens with one attached hydrogen (secondary N) is 2. The van der Waals surface area contributed by atoms with Gasteiger partial charge in [0.05, 0.1) is 6.04 Å². The number of nitrogens with two attached hydrogens (primary N) is 1. The molecule has 1 saturated carbocycles. The number of carbonyl (C=O) groups excluding carboxylic acids is 2. The minimum Gasteiger partial charge on any atom is -0.349 e. The van der Waals surface area contributed by atoms with Crippen LogP contribution in [0.4, 0.5) is 5.69 Å². The van der Waals surface area contributed by atoms with Crippen LogP contribution in [0.3, 0.4) is 0 Å². The van der Waals surface area contributed by atoms with E-state index in [1.165, 1.54) is 12.5 Å². The summed E-state index contributed by atoms with van der Waals surface area (Å²) in [7, 11) is 0. The fourth-order valence-corrected chi connectivity index (χ4v) is 4.94. The van der Waals surface area contributed by atoms with Crippen molar-refractivity contribution in [1.82, 2.24) is 5.32 Å². The van der Waals surface area contributed by atoms with Gasteiger partial charge in [-0.25, -0.2) is 0 Å². The van der Waals surface area contributed by atoms with E-state index in [9.17, 15) is 9.59 Å². The number of hydrogen-bond acceptors (Lipinski definition) is 3. The van der Waals surface area contributed by atoms with Crippen molar-refractivity contribution in [2.45, 2.75) is 45.1 Å². The lowest BCUT2D eigenvalue weighted by atomic mass is 9.81. The molecule has 0 bridgehead atoms. The van der Waals surface area contributed by atoms with Crippen molar-refractivity contribution in [3.63, 3.8) is 0 Å². The highest BCUT2D eigenvalue weighted by molar-refractivity contribution is 5.89. The number of rotatable bonds is 8. The fraction of sp³-hybridized carbons (Fsp3) is 0.333. The van der Waals surface area contributed by atoms with Crippen molar-refractivity contribution < 1.29 is 9.59 Å². The van der Waals surface area contributed by atoms with Crippen LogP contribution in [-0.2, 0) is 16.0 Å². The second-order valence-electron chi connectivity index (χ2n) is 9.59. The van der Waals surface area contributed by atoms with Crippen molar-refractivity contribution >= 4 is 17.5 Å². The number of hydrogen-bond donors (Lipinski definition) is 3.